The SMILES string of the molecule is CC(=O)N[n+]1ccccc1C=Cc1ccccc1.[I-]. The lowest BCUT2D eigenvalue weighted by Gasteiger charge is -1.98. The molecule has 0 atom stereocenters. The van der Waals surface area contributed by atoms with E-state index in [9.17, 15) is 4.79 Å². The molecule has 0 saturated carbocycles. The second-order valence-corrected chi connectivity index (χ2v) is 3.91. The average molecular weight is 366 g/mol. The first-order valence-corrected chi connectivity index (χ1v) is 5.77. The van der Waals surface area contributed by atoms with Crippen molar-refractivity contribution in [3.05, 3.63) is 66.0 Å². The highest BCUT2D eigenvalue weighted by atomic mass is 127. The lowest BCUT2D eigenvalue weighted by molar-refractivity contribution is -0.644. The number of carbonyl (C=O) groups excluding carboxylic acids is 1. The van der Waals surface area contributed by atoms with E-state index in [2.05, 4.69) is 5.43 Å². The van der Waals surface area contributed by atoms with Crippen molar-refractivity contribution in [3.63, 3.8) is 0 Å². The van der Waals surface area contributed by atoms with Crippen LogP contribution in [-0.4, -0.2) is 5.91 Å². The predicted octanol–water partition coefficient (Wildman–Crippen LogP) is -0.762. The molecule has 0 fully saturated rings. The number of aromatic nitrogens is 1. The van der Waals surface area contributed by atoms with E-state index in [0.717, 1.165) is 11.3 Å². The van der Waals surface area contributed by atoms with E-state index in [0.29, 0.717) is 0 Å². The molecular weight excluding hydrogens is 351 g/mol. The van der Waals surface area contributed by atoms with Crippen molar-refractivity contribution in [1.29, 1.82) is 0 Å². The minimum Gasteiger partial charge on any atom is -1.00 e. The van der Waals surface area contributed by atoms with Crippen LogP contribution >= 0.6 is 0 Å². The van der Waals surface area contributed by atoms with Crippen LogP contribution in [0.3, 0.4) is 0 Å². The summed E-state index contributed by atoms with van der Waals surface area (Å²) in [4.78, 5) is 11.1. The summed E-state index contributed by atoms with van der Waals surface area (Å²) in [6, 6.07) is 15.8. The molecule has 0 aliphatic heterocycles. The van der Waals surface area contributed by atoms with Crippen LogP contribution in [-0.2, 0) is 4.79 Å². The molecule has 0 saturated heterocycles. The minimum absolute atomic E-state index is 0. The minimum atomic E-state index is -0.0967. The number of halogens is 1. The van der Waals surface area contributed by atoms with Gasteiger partial charge in [-0.05, 0) is 17.7 Å². The van der Waals surface area contributed by atoms with E-state index >= 15 is 0 Å². The van der Waals surface area contributed by atoms with Crippen LogP contribution < -0.4 is 34.1 Å². The molecule has 3 nitrogen and oxygen atoms in total. The summed E-state index contributed by atoms with van der Waals surface area (Å²) in [5.74, 6) is -0.0967. The van der Waals surface area contributed by atoms with Gasteiger partial charge in [-0.15, -0.1) is 5.43 Å². The Balaban J connectivity index is 0.00000180. The smallest absolute Gasteiger partial charge is 0.271 e. The van der Waals surface area contributed by atoms with E-state index in [4.69, 9.17) is 0 Å². The highest BCUT2D eigenvalue weighted by Gasteiger charge is 2.07. The molecular formula is C15H15IN2O. The maximum atomic E-state index is 11.1. The van der Waals surface area contributed by atoms with E-state index in [-0.39, 0.29) is 29.9 Å². The number of benzene rings is 1. The van der Waals surface area contributed by atoms with Crippen molar-refractivity contribution in [2.24, 2.45) is 0 Å². The Bertz CT molecular complexity index is 567. The summed E-state index contributed by atoms with van der Waals surface area (Å²) in [5, 5.41) is 0. The third-order valence-corrected chi connectivity index (χ3v) is 2.42. The van der Waals surface area contributed by atoms with Crippen LogP contribution in [0.15, 0.2) is 54.7 Å². The Morgan fingerprint density at radius 3 is 2.42 bits per heavy atom. The maximum Gasteiger partial charge on any atom is 0.271 e. The summed E-state index contributed by atoms with van der Waals surface area (Å²) < 4.78 is 1.70. The maximum absolute atomic E-state index is 11.1. The highest BCUT2D eigenvalue weighted by Crippen LogP contribution is 2.04. The molecule has 0 aliphatic rings. The zero-order valence-electron chi connectivity index (χ0n) is 10.6. The fraction of sp³-hybridized carbons (Fsp3) is 0.0667. The van der Waals surface area contributed by atoms with Crippen LogP contribution in [0.4, 0.5) is 0 Å². The average Bonchev–Trinajstić information content (AvgIpc) is 2.38. The number of nitrogens with one attached hydrogen (secondary N) is 1. The van der Waals surface area contributed by atoms with Gasteiger partial charge in [0.05, 0.1) is 0 Å². The number of nitrogens with zero attached hydrogens (tertiary/aromatic N) is 1. The molecule has 0 spiro atoms. The number of pyridine rings is 1. The first-order valence-electron chi connectivity index (χ1n) is 5.77. The van der Waals surface area contributed by atoms with Gasteiger partial charge in [0.1, 0.15) is 0 Å². The first kappa shape index (κ1) is 15.4. The molecule has 0 bridgehead atoms. The third-order valence-electron chi connectivity index (χ3n) is 2.42. The summed E-state index contributed by atoms with van der Waals surface area (Å²) in [7, 11) is 0. The lowest BCUT2D eigenvalue weighted by atomic mass is 10.2. The van der Waals surface area contributed by atoms with Crippen LogP contribution in [0.2, 0.25) is 0 Å². The monoisotopic (exact) mass is 366 g/mol. The number of hydrogen-bond donors (Lipinski definition) is 1. The van der Waals surface area contributed by atoms with Gasteiger partial charge < -0.3 is 24.0 Å². The molecule has 19 heavy (non-hydrogen) atoms. The largest absolute Gasteiger partial charge is 1.00 e. The molecule has 1 amide bonds. The molecule has 1 heterocycles. The zero-order valence-corrected chi connectivity index (χ0v) is 12.7. The van der Waals surface area contributed by atoms with Crippen molar-refractivity contribution in [3.8, 4) is 0 Å². The fourth-order valence-electron chi connectivity index (χ4n) is 1.61. The Morgan fingerprint density at radius 1 is 1.05 bits per heavy atom. The second kappa shape index (κ2) is 7.68. The van der Waals surface area contributed by atoms with Gasteiger partial charge in [-0.2, -0.15) is 0 Å². The van der Waals surface area contributed by atoms with Crippen LogP contribution in [0.1, 0.15) is 18.2 Å². The van der Waals surface area contributed by atoms with E-state index < -0.39 is 0 Å². The van der Waals surface area contributed by atoms with E-state index in [1.165, 1.54) is 6.92 Å². The fourth-order valence-corrected chi connectivity index (χ4v) is 1.61. The second-order valence-electron chi connectivity index (χ2n) is 3.91. The van der Waals surface area contributed by atoms with Gasteiger partial charge in [-0.3, -0.25) is 4.79 Å². The predicted molar refractivity (Wildman–Crippen MR) is 72.0 cm³/mol. The van der Waals surface area contributed by atoms with Gasteiger partial charge in [-0.1, -0.05) is 35.0 Å². The zero-order chi connectivity index (χ0) is 12.8. The van der Waals surface area contributed by atoms with Crippen molar-refractivity contribution in [2.75, 3.05) is 5.43 Å². The molecule has 0 radical (unpaired) electrons. The number of amides is 1. The van der Waals surface area contributed by atoms with E-state index in [1.54, 1.807) is 4.68 Å². The molecule has 2 aromatic rings. The molecule has 4 heteroatoms. The van der Waals surface area contributed by atoms with Gasteiger partial charge in [0.15, 0.2) is 0 Å². The van der Waals surface area contributed by atoms with Crippen molar-refractivity contribution in [1.82, 2.24) is 0 Å². The third kappa shape index (κ3) is 4.82. The van der Waals surface area contributed by atoms with Crippen molar-refractivity contribution >= 4 is 18.1 Å². The van der Waals surface area contributed by atoms with Crippen LogP contribution in [0.25, 0.3) is 12.2 Å². The molecule has 1 aromatic heterocycles. The number of carbonyl (C=O) groups is 1. The Kier molecular flexibility index (Phi) is 6.21. The highest BCUT2D eigenvalue weighted by molar-refractivity contribution is 5.79. The normalized spacial score (nSPS) is 9.95. The Labute approximate surface area is 130 Å². The summed E-state index contributed by atoms with van der Waals surface area (Å²) in [5.41, 5.74) is 4.77. The van der Waals surface area contributed by atoms with Gasteiger partial charge >= 0.3 is 0 Å². The van der Waals surface area contributed by atoms with Crippen LogP contribution in [0, 0.1) is 0 Å². The van der Waals surface area contributed by atoms with Gasteiger partial charge in [-0.25, -0.2) is 0 Å². The number of hydrogen-bond acceptors (Lipinski definition) is 1. The van der Waals surface area contributed by atoms with Crippen molar-refractivity contribution in [2.45, 2.75) is 6.92 Å². The lowest BCUT2D eigenvalue weighted by Crippen LogP contribution is -3.00. The van der Waals surface area contributed by atoms with Crippen molar-refractivity contribution < 1.29 is 33.4 Å². The summed E-state index contributed by atoms with van der Waals surface area (Å²) >= 11 is 0. The van der Waals surface area contributed by atoms with Gasteiger partial charge in [0.2, 0.25) is 11.9 Å². The van der Waals surface area contributed by atoms with Gasteiger partial charge in [0, 0.05) is 25.1 Å². The summed E-state index contributed by atoms with van der Waals surface area (Å²) in [6.45, 7) is 1.49. The molecule has 0 aliphatic carbocycles. The Morgan fingerprint density at radius 2 is 1.74 bits per heavy atom. The standard InChI is InChI=1S/C15H14N2O.HI/c1-13(18)16-17-12-6-5-9-15(17)11-10-14-7-3-2-4-8-14;/h2-12H,1H3;1H. The number of rotatable bonds is 3. The summed E-state index contributed by atoms with van der Waals surface area (Å²) in [6.07, 6.45) is 5.78. The molecule has 98 valence electrons. The first-order chi connectivity index (χ1) is 8.75. The topological polar surface area (TPSA) is 33.0 Å². The van der Waals surface area contributed by atoms with Gasteiger partial charge in [0.25, 0.3) is 5.91 Å². The molecule has 2 rings (SSSR count). The molecule has 1 N–H and O–H groups in total. The molecule has 0 unspecified atom stereocenters. The quantitative estimate of drug-likeness (QED) is 0.562. The Hall–Kier alpha value is -1.69. The van der Waals surface area contributed by atoms with E-state index in [1.807, 2.05) is 66.9 Å². The van der Waals surface area contributed by atoms with Crippen LogP contribution in [0.5, 0.6) is 0 Å². The molecule has 1 aromatic carbocycles.